The zero-order valence-corrected chi connectivity index (χ0v) is 18.4. The number of nitrogens with one attached hydrogen (secondary N) is 2. The Balaban J connectivity index is 1.74. The third-order valence-electron chi connectivity index (χ3n) is 4.57. The average molecular weight is 497 g/mol. The summed E-state index contributed by atoms with van der Waals surface area (Å²) in [6.07, 6.45) is 0. The minimum absolute atomic E-state index is 0.218. The molecule has 0 aliphatic rings. The minimum Gasteiger partial charge on any atom is -0.307 e. The van der Waals surface area contributed by atoms with Gasteiger partial charge >= 0.3 is 6.03 Å². The van der Waals surface area contributed by atoms with E-state index in [2.05, 4.69) is 31.5 Å². The van der Waals surface area contributed by atoms with Gasteiger partial charge in [0, 0.05) is 21.0 Å². The lowest BCUT2D eigenvalue weighted by Gasteiger charge is -2.14. The van der Waals surface area contributed by atoms with E-state index in [0.717, 1.165) is 9.86 Å². The molecule has 0 aliphatic carbocycles. The van der Waals surface area contributed by atoms with Gasteiger partial charge in [-0.1, -0.05) is 48.5 Å². The van der Waals surface area contributed by atoms with Gasteiger partial charge in [-0.3, -0.25) is 0 Å². The van der Waals surface area contributed by atoms with Crippen LogP contribution < -0.4 is 15.8 Å². The number of primary sulfonamides is 1. The first-order chi connectivity index (χ1) is 14.8. The molecular formula is C22H17BrN4O3S. The number of carbonyl (C=O) groups is 1. The average Bonchev–Trinajstić information content (AvgIpc) is 2.74. The Labute approximate surface area is 187 Å². The van der Waals surface area contributed by atoms with Crippen molar-refractivity contribution in [2.75, 3.05) is 10.6 Å². The Hall–Kier alpha value is -3.27. The number of pyridine rings is 1. The maximum Gasteiger partial charge on any atom is 0.323 e. The largest absolute Gasteiger partial charge is 0.323 e. The first-order valence-corrected chi connectivity index (χ1v) is 11.5. The molecular weight excluding hydrogens is 480 g/mol. The van der Waals surface area contributed by atoms with Crippen molar-refractivity contribution < 1.29 is 13.2 Å². The summed E-state index contributed by atoms with van der Waals surface area (Å²) in [6, 6.07) is 22.6. The smallest absolute Gasteiger partial charge is 0.307 e. The highest BCUT2D eigenvalue weighted by Gasteiger charge is 2.15. The first-order valence-electron chi connectivity index (χ1n) is 9.17. The number of hydrogen-bond donors (Lipinski definition) is 3. The lowest BCUT2D eigenvalue weighted by molar-refractivity contribution is 0.262. The van der Waals surface area contributed by atoms with E-state index in [1.807, 2.05) is 48.5 Å². The third kappa shape index (κ3) is 4.58. The molecule has 31 heavy (non-hydrogen) atoms. The van der Waals surface area contributed by atoms with Crippen LogP contribution in [0.3, 0.4) is 0 Å². The Bertz CT molecular complexity index is 1410. The zero-order valence-electron chi connectivity index (χ0n) is 16.0. The summed E-state index contributed by atoms with van der Waals surface area (Å²) in [5.74, 6) is 0. The maximum absolute atomic E-state index is 12.6. The number of anilines is 2. The summed E-state index contributed by atoms with van der Waals surface area (Å²) < 4.78 is 24.3. The van der Waals surface area contributed by atoms with E-state index in [1.165, 1.54) is 6.07 Å². The molecule has 3 aromatic carbocycles. The van der Waals surface area contributed by atoms with Crippen LogP contribution >= 0.6 is 15.9 Å². The molecule has 4 rings (SSSR count). The Morgan fingerprint density at radius 2 is 1.45 bits per heavy atom. The van der Waals surface area contributed by atoms with Gasteiger partial charge in [0.15, 0.2) is 5.03 Å². The number of nitrogens with two attached hydrogens (primary N) is 1. The van der Waals surface area contributed by atoms with Crippen molar-refractivity contribution in [3.05, 3.63) is 83.3 Å². The molecule has 0 spiro atoms. The normalized spacial score (nSPS) is 11.3. The number of halogens is 1. The van der Waals surface area contributed by atoms with Crippen LogP contribution in [0.2, 0.25) is 0 Å². The second-order valence-electron chi connectivity index (χ2n) is 6.68. The van der Waals surface area contributed by atoms with Crippen LogP contribution in [0.15, 0.2) is 88.4 Å². The molecule has 0 aliphatic heterocycles. The highest BCUT2D eigenvalue weighted by molar-refractivity contribution is 9.10. The van der Waals surface area contributed by atoms with Crippen molar-refractivity contribution in [2.45, 2.75) is 5.03 Å². The number of rotatable bonds is 4. The van der Waals surface area contributed by atoms with E-state index in [4.69, 9.17) is 5.14 Å². The molecule has 0 radical (unpaired) electrons. The topological polar surface area (TPSA) is 114 Å². The van der Waals surface area contributed by atoms with E-state index >= 15 is 0 Å². The number of sulfonamides is 1. The highest BCUT2D eigenvalue weighted by atomic mass is 79.9. The first kappa shape index (κ1) is 21.0. The van der Waals surface area contributed by atoms with Gasteiger partial charge < -0.3 is 10.6 Å². The van der Waals surface area contributed by atoms with E-state index < -0.39 is 16.1 Å². The molecule has 0 unspecified atom stereocenters. The summed E-state index contributed by atoms with van der Waals surface area (Å²) in [4.78, 5) is 16.9. The second-order valence-corrected chi connectivity index (χ2v) is 9.04. The summed E-state index contributed by atoms with van der Waals surface area (Å²) in [5, 5.41) is 11.4. The zero-order chi connectivity index (χ0) is 22.0. The SMILES string of the molecule is NS(=O)(=O)c1ccc2cccc(-c3ccccc3NC(=O)Nc3ccccc3Br)c2n1. The van der Waals surface area contributed by atoms with Crippen molar-refractivity contribution >= 4 is 54.3 Å². The predicted molar refractivity (Wildman–Crippen MR) is 125 cm³/mol. The maximum atomic E-state index is 12.6. The van der Waals surface area contributed by atoms with Crippen molar-refractivity contribution in [2.24, 2.45) is 5.14 Å². The fourth-order valence-electron chi connectivity index (χ4n) is 3.17. The summed E-state index contributed by atoms with van der Waals surface area (Å²) in [6.45, 7) is 0. The molecule has 4 aromatic rings. The summed E-state index contributed by atoms with van der Waals surface area (Å²) in [7, 11) is -3.96. The molecule has 1 aromatic heterocycles. The number of nitrogens with zero attached hydrogens (tertiary/aromatic N) is 1. The molecule has 0 fully saturated rings. The summed E-state index contributed by atoms with van der Waals surface area (Å²) in [5.41, 5.74) is 2.99. The van der Waals surface area contributed by atoms with Gasteiger partial charge in [0.25, 0.3) is 10.0 Å². The van der Waals surface area contributed by atoms with Gasteiger partial charge in [0.2, 0.25) is 0 Å². The monoisotopic (exact) mass is 496 g/mol. The third-order valence-corrected chi connectivity index (χ3v) is 6.08. The Morgan fingerprint density at radius 1 is 0.806 bits per heavy atom. The second kappa shape index (κ2) is 8.46. The molecule has 2 amide bonds. The number of amides is 2. The number of aromatic nitrogens is 1. The number of hydrogen-bond acceptors (Lipinski definition) is 4. The van der Waals surface area contributed by atoms with Gasteiger partial charge in [-0.05, 0) is 46.3 Å². The molecule has 0 saturated carbocycles. The van der Waals surface area contributed by atoms with E-state index in [1.54, 1.807) is 24.3 Å². The number of fused-ring (bicyclic) bond motifs is 1. The fourth-order valence-corrected chi connectivity index (χ4v) is 4.03. The molecule has 1 heterocycles. The molecule has 4 N–H and O–H groups in total. The van der Waals surface area contributed by atoms with Crippen molar-refractivity contribution in [3.63, 3.8) is 0 Å². The fraction of sp³-hybridized carbons (Fsp3) is 0. The van der Waals surface area contributed by atoms with Crippen LogP contribution in [0.1, 0.15) is 0 Å². The van der Waals surface area contributed by atoms with Gasteiger partial charge in [0.1, 0.15) is 0 Å². The van der Waals surface area contributed by atoms with Crippen molar-refractivity contribution in [3.8, 4) is 11.1 Å². The van der Waals surface area contributed by atoms with E-state index in [0.29, 0.717) is 28.0 Å². The van der Waals surface area contributed by atoms with Crippen LogP contribution in [0.25, 0.3) is 22.0 Å². The number of carbonyl (C=O) groups excluding carboxylic acids is 1. The van der Waals surface area contributed by atoms with Crippen LogP contribution in [0.4, 0.5) is 16.2 Å². The minimum atomic E-state index is -3.96. The lowest BCUT2D eigenvalue weighted by Crippen LogP contribution is -2.20. The lowest BCUT2D eigenvalue weighted by atomic mass is 10.0. The quantitative estimate of drug-likeness (QED) is 0.370. The van der Waals surface area contributed by atoms with Crippen LogP contribution in [-0.4, -0.2) is 19.4 Å². The molecule has 0 bridgehead atoms. The molecule has 9 heteroatoms. The summed E-state index contributed by atoms with van der Waals surface area (Å²) >= 11 is 3.40. The van der Waals surface area contributed by atoms with Crippen molar-refractivity contribution in [1.29, 1.82) is 0 Å². The predicted octanol–water partition coefficient (Wildman–Crippen LogP) is 4.96. The van der Waals surface area contributed by atoms with Gasteiger partial charge in [0.05, 0.1) is 16.9 Å². The van der Waals surface area contributed by atoms with Gasteiger partial charge in [-0.2, -0.15) is 0 Å². The molecule has 156 valence electrons. The van der Waals surface area contributed by atoms with Crippen LogP contribution in [0.5, 0.6) is 0 Å². The van der Waals surface area contributed by atoms with Gasteiger partial charge in [-0.15, -0.1) is 0 Å². The molecule has 0 atom stereocenters. The van der Waals surface area contributed by atoms with Crippen molar-refractivity contribution in [1.82, 2.24) is 4.98 Å². The number of urea groups is 1. The molecule has 0 saturated heterocycles. The Kier molecular flexibility index (Phi) is 5.73. The van der Waals surface area contributed by atoms with Gasteiger partial charge in [-0.25, -0.2) is 23.3 Å². The highest BCUT2D eigenvalue weighted by Crippen LogP contribution is 2.33. The van der Waals surface area contributed by atoms with E-state index in [9.17, 15) is 13.2 Å². The standard InChI is InChI=1S/C22H17BrN4O3S/c23-17-9-2-4-11-19(17)26-22(28)25-18-10-3-1-7-15(18)16-8-5-6-14-12-13-20(27-21(14)16)31(24,29)30/h1-13H,(H2,24,29,30)(H2,25,26,28). The van der Waals surface area contributed by atoms with Crippen LogP contribution in [-0.2, 0) is 10.0 Å². The molecule has 7 nitrogen and oxygen atoms in total. The number of benzene rings is 3. The van der Waals surface area contributed by atoms with Crippen LogP contribution in [0, 0.1) is 0 Å². The van der Waals surface area contributed by atoms with E-state index in [-0.39, 0.29) is 5.03 Å². The number of para-hydroxylation sites is 3. The Morgan fingerprint density at radius 3 is 2.19 bits per heavy atom.